The lowest BCUT2D eigenvalue weighted by Crippen LogP contribution is -2.30. The van der Waals surface area contributed by atoms with Gasteiger partial charge >= 0.3 is 5.97 Å². The molecule has 0 unspecified atom stereocenters. The van der Waals surface area contributed by atoms with E-state index in [1.807, 2.05) is 13.8 Å². The van der Waals surface area contributed by atoms with Crippen LogP contribution in [-0.2, 0) is 0 Å². The van der Waals surface area contributed by atoms with E-state index in [1.165, 1.54) is 12.4 Å². The Bertz CT molecular complexity index is 418. The summed E-state index contributed by atoms with van der Waals surface area (Å²) < 4.78 is 0. The lowest BCUT2D eigenvalue weighted by molar-refractivity contribution is 0.0690. The fourth-order valence-corrected chi connectivity index (χ4v) is 1.15. The summed E-state index contributed by atoms with van der Waals surface area (Å²) in [6, 6.07) is 0. The predicted octanol–water partition coefficient (Wildman–Crippen LogP) is 1.39. The molecule has 0 aromatic carbocycles. The van der Waals surface area contributed by atoms with Crippen LogP contribution in [0.4, 0.5) is 5.82 Å². The van der Waals surface area contributed by atoms with E-state index in [0.717, 1.165) is 0 Å². The average Bonchev–Trinajstić information content (AvgIpc) is 2.17. The summed E-state index contributed by atoms with van der Waals surface area (Å²) in [5, 5.41) is 11.7. The summed E-state index contributed by atoms with van der Waals surface area (Å²) >= 11 is 0. The molecule has 0 atom stereocenters. The average molecular weight is 219 g/mol. The molecule has 0 aliphatic carbocycles. The fourth-order valence-electron chi connectivity index (χ4n) is 1.15. The third-order valence-corrected chi connectivity index (χ3v) is 1.88. The molecule has 5 heteroatoms. The Morgan fingerprint density at radius 2 is 2.25 bits per heavy atom. The maximum Gasteiger partial charge on any atom is 0.356 e. The van der Waals surface area contributed by atoms with Gasteiger partial charge in [0.1, 0.15) is 5.82 Å². The van der Waals surface area contributed by atoms with Crippen LogP contribution in [0.2, 0.25) is 0 Å². The highest BCUT2D eigenvalue weighted by Crippen LogP contribution is 2.14. The molecule has 0 saturated heterocycles. The summed E-state index contributed by atoms with van der Waals surface area (Å²) in [6.07, 6.45) is 8.35. The molecule has 0 amide bonds. The lowest BCUT2D eigenvalue weighted by atomic mass is 10.0. The molecule has 0 bridgehead atoms. The van der Waals surface area contributed by atoms with Gasteiger partial charge in [0.15, 0.2) is 5.69 Å². The van der Waals surface area contributed by atoms with Crippen molar-refractivity contribution in [1.82, 2.24) is 9.97 Å². The van der Waals surface area contributed by atoms with Crippen LogP contribution in [0.5, 0.6) is 0 Å². The van der Waals surface area contributed by atoms with Gasteiger partial charge < -0.3 is 10.4 Å². The number of anilines is 1. The summed E-state index contributed by atoms with van der Waals surface area (Å²) in [6.45, 7) is 3.86. The van der Waals surface area contributed by atoms with Crippen LogP contribution in [0.3, 0.4) is 0 Å². The highest BCUT2D eigenvalue weighted by atomic mass is 16.4. The van der Waals surface area contributed by atoms with E-state index in [2.05, 4.69) is 21.2 Å². The molecule has 1 aromatic heterocycles. The van der Waals surface area contributed by atoms with Gasteiger partial charge in [-0.25, -0.2) is 14.8 Å². The topological polar surface area (TPSA) is 75.1 Å². The summed E-state index contributed by atoms with van der Waals surface area (Å²) in [5.74, 6) is 1.96. The number of aromatic nitrogens is 2. The smallest absolute Gasteiger partial charge is 0.356 e. The third-order valence-electron chi connectivity index (χ3n) is 1.88. The quantitative estimate of drug-likeness (QED) is 0.748. The minimum absolute atomic E-state index is 0.0831. The zero-order valence-corrected chi connectivity index (χ0v) is 9.19. The van der Waals surface area contributed by atoms with E-state index in [0.29, 0.717) is 12.2 Å². The molecular weight excluding hydrogens is 206 g/mol. The van der Waals surface area contributed by atoms with E-state index in [4.69, 9.17) is 11.5 Å². The Hall–Kier alpha value is -2.09. The van der Waals surface area contributed by atoms with Crippen LogP contribution in [0.15, 0.2) is 12.4 Å². The van der Waals surface area contributed by atoms with Crippen LogP contribution in [0.25, 0.3) is 0 Å². The first-order valence-electron chi connectivity index (χ1n) is 4.71. The minimum atomic E-state index is -1.10. The molecule has 0 spiro atoms. The highest BCUT2D eigenvalue weighted by Gasteiger charge is 2.16. The number of terminal acetylenes is 1. The van der Waals surface area contributed by atoms with E-state index >= 15 is 0 Å². The van der Waals surface area contributed by atoms with Gasteiger partial charge in [0.2, 0.25) is 0 Å². The van der Waals surface area contributed by atoms with Gasteiger partial charge in [-0.1, -0.05) is 0 Å². The van der Waals surface area contributed by atoms with Crippen LogP contribution in [0.1, 0.15) is 30.8 Å². The number of carboxylic acid groups (broad SMARTS) is 1. The van der Waals surface area contributed by atoms with Crippen LogP contribution < -0.4 is 5.32 Å². The van der Waals surface area contributed by atoms with Crippen LogP contribution >= 0.6 is 0 Å². The van der Waals surface area contributed by atoms with Gasteiger partial charge in [-0.05, 0) is 13.8 Å². The van der Waals surface area contributed by atoms with Crippen molar-refractivity contribution in [1.29, 1.82) is 0 Å². The van der Waals surface area contributed by atoms with Crippen molar-refractivity contribution < 1.29 is 9.90 Å². The maximum absolute atomic E-state index is 10.6. The first-order chi connectivity index (χ1) is 7.44. The Balaban J connectivity index is 2.76. The number of carboxylic acids is 1. The number of nitrogens with zero attached hydrogens (tertiary/aromatic N) is 2. The van der Waals surface area contributed by atoms with Gasteiger partial charge in [0, 0.05) is 12.0 Å². The van der Waals surface area contributed by atoms with Crippen LogP contribution in [0, 0.1) is 12.3 Å². The number of hydrogen-bond acceptors (Lipinski definition) is 4. The van der Waals surface area contributed by atoms with Gasteiger partial charge in [0.05, 0.1) is 12.4 Å². The zero-order valence-electron chi connectivity index (χ0n) is 9.19. The van der Waals surface area contributed by atoms with Gasteiger partial charge in [-0.2, -0.15) is 0 Å². The number of carbonyl (C=O) groups is 1. The number of hydrogen-bond donors (Lipinski definition) is 2. The van der Waals surface area contributed by atoms with E-state index < -0.39 is 5.97 Å². The molecule has 0 saturated carbocycles. The van der Waals surface area contributed by atoms with Crippen molar-refractivity contribution in [2.45, 2.75) is 25.8 Å². The number of aromatic carboxylic acids is 1. The summed E-state index contributed by atoms with van der Waals surface area (Å²) in [7, 11) is 0. The third kappa shape index (κ3) is 3.24. The molecule has 84 valence electrons. The second-order valence-electron chi connectivity index (χ2n) is 3.98. The molecule has 0 fully saturated rings. The molecule has 5 nitrogen and oxygen atoms in total. The molecule has 1 aromatic rings. The molecule has 0 aliphatic heterocycles. The Kier molecular flexibility index (Phi) is 3.46. The second-order valence-corrected chi connectivity index (χ2v) is 3.98. The lowest BCUT2D eigenvalue weighted by Gasteiger charge is -2.24. The molecular formula is C11H13N3O2. The highest BCUT2D eigenvalue weighted by molar-refractivity contribution is 5.84. The summed E-state index contributed by atoms with van der Waals surface area (Å²) in [5.41, 5.74) is -0.381. The van der Waals surface area contributed by atoms with Gasteiger partial charge in [-0.15, -0.1) is 12.3 Å². The Morgan fingerprint density at radius 3 is 2.69 bits per heavy atom. The van der Waals surface area contributed by atoms with Crippen molar-refractivity contribution in [2.75, 3.05) is 5.32 Å². The SMILES string of the molecule is C#CCC(C)(C)Nc1cnc(C(=O)O)cn1. The molecule has 2 N–H and O–H groups in total. The van der Waals surface area contributed by atoms with Crippen LogP contribution in [-0.4, -0.2) is 26.6 Å². The van der Waals surface area contributed by atoms with Crippen molar-refractivity contribution in [3.8, 4) is 12.3 Å². The molecule has 0 aliphatic rings. The standard InChI is InChI=1S/C11H13N3O2/c1-4-5-11(2,3)14-9-7-12-8(6-13-9)10(15)16/h1,6-7H,5H2,2-3H3,(H,13,14)(H,15,16). The fraction of sp³-hybridized carbons (Fsp3) is 0.364. The normalized spacial score (nSPS) is 10.6. The Morgan fingerprint density at radius 1 is 1.56 bits per heavy atom. The zero-order chi connectivity index (χ0) is 12.2. The first kappa shape index (κ1) is 12.0. The van der Waals surface area contributed by atoms with E-state index in [9.17, 15) is 4.79 Å². The van der Waals surface area contributed by atoms with Crippen molar-refractivity contribution >= 4 is 11.8 Å². The molecule has 16 heavy (non-hydrogen) atoms. The van der Waals surface area contributed by atoms with Crippen molar-refractivity contribution in [2.24, 2.45) is 0 Å². The Labute approximate surface area is 93.9 Å². The first-order valence-corrected chi connectivity index (χ1v) is 4.71. The van der Waals surface area contributed by atoms with E-state index in [1.54, 1.807) is 0 Å². The predicted molar refractivity (Wildman–Crippen MR) is 60.1 cm³/mol. The maximum atomic E-state index is 10.6. The molecule has 1 rings (SSSR count). The van der Waals surface area contributed by atoms with E-state index in [-0.39, 0.29) is 11.2 Å². The van der Waals surface area contributed by atoms with Crippen molar-refractivity contribution in [3.05, 3.63) is 18.1 Å². The summed E-state index contributed by atoms with van der Waals surface area (Å²) in [4.78, 5) is 18.2. The molecule has 1 heterocycles. The monoisotopic (exact) mass is 219 g/mol. The minimum Gasteiger partial charge on any atom is -0.476 e. The van der Waals surface area contributed by atoms with Gasteiger partial charge in [-0.3, -0.25) is 0 Å². The van der Waals surface area contributed by atoms with Gasteiger partial charge in [0.25, 0.3) is 0 Å². The largest absolute Gasteiger partial charge is 0.476 e. The second kappa shape index (κ2) is 4.62. The molecule has 0 radical (unpaired) electrons. The number of rotatable bonds is 4. The number of nitrogens with one attached hydrogen (secondary N) is 1. The van der Waals surface area contributed by atoms with Crippen molar-refractivity contribution in [3.63, 3.8) is 0 Å².